The lowest BCUT2D eigenvalue weighted by molar-refractivity contribution is -0.129. The minimum Gasteiger partial charge on any atom is -0.355 e. The highest BCUT2D eigenvalue weighted by atomic mass is 35.5. The standard InChI is InChI=1S/C13H25N3O.2ClH/c1-13(2,9-14)12(17)15-7-10-5-6-16(8-10)11-3-4-11;;/h10-11H,3-9,14H2,1-2H3,(H,15,17);2*1H. The first-order valence-electron chi connectivity index (χ1n) is 6.75. The molecule has 114 valence electrons. The van der Waals surface area contributed by atoms with E-state index in [-0.39, 0.29) is 30.7 Å². The zero-order valence-electron chi connectivity index (χ0n) is 11.9. The van der Waals surface area contributed by atoms with Crippen molar-refractivity contribution in [1.82, 2.24) is 10.2 Å². The predicted molar refractivity (Wildman–Crippen MR) is 83.0 cm³/mol. The van der Waals surface area contributed by atoms with E-state index >= 15 is 0 Å². The molecule has 19 heavy (non-hydrogen) atoms. The summed E-state index contributed by atoms with van der Waals surface area (Å²) in [4.78, 5) is 14.4. The summed E-state index contributed by atoms with van der Waals surface area (Å²) < 4.78 is 0. The SMILES string of the molecule is CC(C)(CN)C(=O)NCC1CCN(C2CC2)C1.Cl.Cl. The summed E-state index contributed by atoms with van der Waals surface area (Å²) in [6.07, 6.45) is 3.97. The lowest BCUT2D eigenvalue weighted by Crippen LogP contribution is -2.43. The van der Waals surface area contributed by atoms with Crippen LogP contribution in [0.2, 0.25) is 0 Å². The van der Waals surface area contributed by atoms with Crippen molar-refractivity contribution in [2.24, 2.45) is 17.1 Å². The van der Waals surface area contributed by atoms with Crippen LogP contribution < -0.4 is 11.1 Å². The van der Waals surface area contributed by atoms with Gasteiger partial charge in [0.1, 0.15) is 0 Å². The Morgan fingerprint density at radius 3 is 2.47 bits per heavy atom. The number of carbonyl (C=O) groups is 1. The molecule has 0 aromatic rings. The normalized spacial score (nSPS) is 23.4. The van der Waals surface area contributed by atoms with Crippen LogP contribution >= 0.6 is 24.8 Å². The molecule has 2 rings (SSSR count). The van der Waals surface area contributed by atoms with Gasteiger partial charge in [-0.25, -0.2) is 0 Å². The molecule has 1 saturated heterocycles. The van der Waals surface area contributed by atoms with Crippen molar-refractivity contribution in [3.63, 3.8) is 0 Å². The van der Waals surface area contributed by atoms with Gasteiger partial charge in [-0.15, -0.1) is 24.8 Å². The second-order valence-corrected chi connectivity index (χ2v) is 6.18. The Balaban J connectivity index is 0.00000162. The van der Waals surface area contributed by atoms with E-state index in [0.29, 0.717) is 12.5 Å². The third-order valence-electron chi connectivity index (χ3n) is 4.06. The molecule has 2 aliphatic rings. The van der Waals surface area contributed by atoms with Crippen molar-refractivity contribution in [2.75, 3.05) is 26.2 Å². The van der Waals surface area contributed by atoms with Crippen LogP contribution in [0.4, 0.5) is 0 Å². The highest BCUT2D eigenvalue weighted by molar-refractivity contribution is 5.85. The van der Waals surface area contributed by atoms with Gasteiger partial charge in [0, 0.05) is 25.7 Å². The smallest absolute Gasteiger partial charge is 0.226 e. The first-order chi connectivity index (χ1) is 8.03. The van der Waals surface area contributed by atoms with Crippen LogP contribution in [0, 0.1) is 11.3 Å². The zero-order valence-corrected chi connectivity index (χ0v) is 13.5. The van der Waals surface area contributed by atoms with Gasteiger partial charge in [0.2, 0.25) is 5.91 Å². The van der Waals surface area contributed by atoms with Crippen molar-refractivity contribution < 1.29 is 4.79 Å². The Kier molecular flexibility index (Phi) is 7.66. The number of rotatable bonds is 5. The molecule has 1 heterocycles. The number of nitrogens with zero attached hydrogens (tertiary/aromatic N) is 1. The molecular formula is C13H27Cl2N3O. The molecule has 1 saturated carbocycles. The third-order valence-corrected chi connectivity index (χ3v) is 4.06. The Labute approximate surface area is 128 Å². The van der Waals surface area contributed by atoms with Crippen molar-refractivity contribution in [3.05, 3.63) is 0 Å². The van der Waals surface area contributed by atoms with Crippen LogP contribution in [-0.4, -0.2) is 43.0 Å². The number of amides is 1. The average molecular weight is 312 g/mol. The molecule has 0 bridgehead atoms. The number of hydrogen-bond acceptors (Lipinski definition) is 3. The second-order valence-electron chi connectivity index (χ2n) is 6.18. The highest BCUT2D eigenvalue weighted by Gasteiger charge is 2.34. The van der Waals surface area contributed by atoms with Gasteiger partial charge < -0.3 is 16.0 Å². The quantitative estimate of drug-likeness (QED) is 0.807. The second kappa shape index (κ2) is 7.67. The van der Waals surface area contributed by atoms with E-state index in [9.17, 15) is 4.79 Å². The lowest BCUT2D eigenvalue weighted by Gasteiger charge is -2.22. The van der Waals surface area contributed by atoms with Crippen LogP contribution in [0.1, 0.15) is 33.1 Å². The molecular weight excluding hydrogens is 285 g/mol. The summed E-state index contributed by atoms with van der Waals surface area (Å²) in [5, 5.41) is 3.05. The lowest BCUT2D eigenvalue weighted by atomic mass is 9.92. The summed E-state index contributed by atoms with van der Waals surface area (Å²) in [5.74, 6) is 0.720. The molecule has 4 nitrogen and oxygen atoms in total. The van der Waals surface area contributed by atoms with Crippen LogP contribution in [0.5, 0.6) is 0 Å². The maximum Gasteiger partial charge on any atom is 0.226 e. The Morgan fingerprint density at radius 2 is 1.95 bits per heavy atom. The van der Waals surface area contributed by atoms with Crippen LogP contribution in [0.25, 0.3) is 0 Å². The maximum atomic E-state index is 11.9. The van der Waals surface area contributed by atoms with Crippen LogP contribution in [0.15, 0.2) is 0 Å². The molecule has 0 spiro atoms. The summed E-state index contributed by atoms with van der Waals surface area (Å²) >= 11 is 0. The molecule has 1 aliphatic heterocycles. The van der Waals surface area contributed by atoms with Crippen molar-refractivity contribution in [3.8, 4) is 0 Å². The third kappa shape index (κ3) is 5.10. The Hall–Kier alpha value is -0.0300. The molecule has 1 atom stereocenters. The minimum atomic E-state index is -0.436. The highest BCUT2D eigenvalue weighted by Crippen LogP contribution is 2.31. The molecule has 0 aromatic heterocycles. The number of nitrogens with two attached hydrogens (primary N) is 1. The van der Waals surface area contributed by atoms with E-state index in [0.717, 1.165) is 19.1 Å². The van der Waals surface area contributed by atoms with E-state index in [1.165, 1.54) is 25.8 Å². The summed E-state index contributed by atoms with van der Waals surface area (Å²) in [7, 11) is 0. The fraction of sp³-hybridized carbons (Fsp3) is 0.923. The molecule has 1 amide bonds. The number of likely N-dealkylation sites (tertiary alicyclic amines) is 1. The van der Waals surface area contributed by atoms with Gasteiger partial charge in [0.25, 0.3) is 0 Å². The molecule has 3 N–H and O–H groups in total. The Bertz CT molecular complexity index is 296. The maximum absolute atomic E-state index is 11.9. The molecule has 6 heteroatoms. The van der Waals surface area contributed by atoms with Gasteiger partial charge in [0.05, 0.1) is 5.41 Å². The Morgan fingerprint density at radius 1 is 1.32 bits per heavy atom. The topological polar surface area (TPSA) is 58.4 Å². The zero-order chi connectivity index (χ0) is 12.5. The molecule has 0 radical (unpaired) electrons. The molecule has 0 aromatic carbocycles. The monoisotopic (exact) mass is 311 g/mol. The molecule has 1 aliphatic carbocycles. The number of halogens is 2. The van der Waals surface area contributed by atoms with Gasteiger partial charge in [-0.1, -0.05) is 0 Å². The average Bonchev–Trinajstić information content (AvgIpc) is 3.06. The first kappa shape index (κ1) is 19.0. The van der Waals surface area contributed by atoms with Crippen LogP contribution in [0.3, 0.4) is 0 Å². The van der Waals surface area contributed by atoms with E-state index in [1.54, 1.807) is 0 Å². The fourth-order valence-electron chi connectivity index (χ4n) is 2.37. The van der Waals surface area contributed by atoms with Gasteiger partial charge in [0.15, 0.2) is 0 Å². The summed E-state index contributed by atoms with van der Waals surface area (Å²) in [6, 6.07) is 0.858. The number of hydrogen-bond donors (Lipinski definition) is 2. The van der Waals surface area contributed by atoms with E-state index in [4.69, 9.17) is 5.73 Å². The largest absolute Gasteiger partial charge is 0.355 e. The number of nitrogens with one attached hydrogen (secondary N) is 1. The van der Waals surface area contributed by atoms with Gasteiger partial charge in [-0.2, -0.15) is 0 Å². The van der Waals surface area contributed by atoms with E-state index in [2.05, 4.69) is 10.2 Å². The van der Waals surface area contributed by atoms with E-state index in [1.807, 2.05) is 13.8 Å². The fourth-order valence-corrected chi connectivity index (χ4v) is 2.37. The predicted octanol–water partition coefficient (Wildman–Crippen LogP) is 1.42. The minimum absolute atomic E-state index is 0. The van der Waals surface area contributed by atoms with Gasteiger partial charge in [-0.3, -0.25) is 4.79 Å². The van der Waals surface area contributed by atoms with E-state index < -0.39 is 5.41 Å². The molecule has 1 unspecified atom stereocenters. The number of carbonyl (C=O) groups excluding carboxylic acids is 1. The first-order valence-corrected chi connectivity index (χ1v) is 6.75. The summed E-state index contributed by atoms with van der Waals surface area (Å²) in [6.45, 7) is 7.38. The van der Waals surface area contributed by atoms with Crippen molar-refractivity contribution in [1.29, 1.82) is 0 Å². The van der Waals surface area contributed by atoms with Gasteiger partial charge in [-0.05, 0) is 45.6 Å². The van der Waals surface area contributed by atoms with Gasteiger partial charge >= 0.3 is 0 Å². The van der Waals surface area contributed by atoms with Crippen LogP contribution in [-0.2, 0) is 4.79 Å². The molecule has 2 fully saturated rings. The summed E-state index contributed by atoms with van der Waals surface area (Å²) in [5.41, 5.74) is 5.16. The van der Waals surface area contributed by atoms with Crippen molar-refractivity contribution >= 4 is 30.7 Å². The van der Waals surface area contributed by atoms with Crippen molar-refractivity contribution in [2.45, 2.75) is 39.2 Å².